The van der Waals surface area contributed by atoms with Crippen molar-refractivity contribution in [3.8, 4) is 0 Å². The Morgan fingerprint density at radius 2 is 2.11 bits per heavy atom. The van der Waals surface area contributed by atoms with E-state index >= 15 is 0 Å². The van der Waals surface area contributed by atoms with Crippen LogP contribution >= 0.6 is 0 Å². The van der Waals surface area contributed by atoms with Crippen LogP contribution in [-0.4, -0.2) is 31.6 Å². The van der Waals surface area contributed by atoms with Crippen molar-refractivity contribution < 1.29 is 9.59 Å². The van der Waals surface area contributed by atoms with Crippen molar-refractivity contribution in [1.29, 1.82) is 0 Å². The first-order valence-electron chi connectivity index (χ1n) is 6.66. The van der Waals surface area contributed by atoms with Crippen molar-refractivity contribution >= 4 is 17.6 Å². The number of urea groups is 1. The fraction of sp³-hybridized carbons (Fsp3) is 0.429. The highest BCUT2D eigenvalue weighted by Crippen LogP contribution is 2.17. The average molecular weight is 261 g/mol. The molecule has 1 heterocycles. The van der Waals surface area contributed by atoms with Crippen molar-refractivity contribution in [1.82, 2.24) is 10.6 Å². The molecule has 2 rings (SSSR count). The van der Waals surface area contributed by atoms with Crippen molar-refractivity contribution in [2.45, 2.75) is 19.8 Å². The fourth-order valence-corrected chi connectivity index (χ4v) is 1.99. The molecule has 0 bridgehead atoms. The molecule has 3 amide bonds. The second-order valence-electron chi connectivity index (χ2n) is 4.54. The third-order valence-corrected chi connectivity index (χ3v) is 3.11. The van der Waals surface area contributed by atoms with Gasteiger partial charge in [-0.2, -0.15) is 0 Å². The van der Waals surface area contributed by atoms with Crippen LogP contribution in [0.3, 0.4) is 0 Å². The summed E-state index contributed by atoms with van der Waals surface area (Å²) in [6, 6.07) is 7.03. The summed E-state index contributed by atoms with van der Waals surface area (Å²) in [6.45, 7) is 4.12. The molecule has 1 aromatic rings. The quantitative estimate of drug-likeness (QED) is 0.793. The van der Waals surface area contributed by atoms with E-state index in [0.29, 0.717) is 25.2 Å². The Kier molecular flexibility index (Phi) is 4.39. The average Bonchev–Trinajstić information content (AvgIpc) is 2.85. The van der Waals surface area contributed by atoms with Gasteiger partial charge in [-0.25, -0.2) is 4.79 Å². The number of carbonyl (C=O) groups excluding carboxylic acids is 2. The predicted octanol–water partition coefficient (Wildman–Crippen LogP) is 1.75. The van der Waals surface area contributed by atoms with Crippen LogP contribution in [0.4, 0.5) is 10.5 Å². The van der Waals surface area contributed by atoms with Gasteiger partial charge in [0.15, 0.2) is 0 Å². The van der Waals surface area contributed by atoms with E-state index in [1.54, 1.807) is 29.2 Å². The first kappa shape index (κ1) is 13.4. The number of rotatable bonds is 5. The fourth-order valence-electron chi connectivity index (χ4n) is 1.99. The lowest BCUT2D eigenvalue weighted by Crippen LogP contribution is -2.28. The summed E-state index contributed by atoms with van der Waals surface area (Å²) >= 11 is 0. The Morgan fingerprint density at radius 3 is 2.68 bits per heavy atom. The molecular formula is C14H19N3O2. The molecule has 19 heavy (non-hydrogen) atoms. The number of unbranched alkanes of at least 4 members (excludes halogenated alkanes) is 1. The normalized spacial score (nSPS) is 14.4. The summed E-state index contributed by atoms with van der Waals surface area (Å²) < 4.78 is 0. The Bertz CT molecular complexity index is 456. The molecule has 5 heteroatoms. The van der Waals surface area contributed by atoms with E-state index in [4.69, 9.17) is 0 Å². The molecule has 1 fully saturated rings. The standard InChI is InChI=1S/C14H19N3O2/c1-2-3-8-15-13(18)11-4-6-12(7-5-11)17-10-9-16-14(17)19/h4-7H,2-3,8-10H2,1H3,(H,15,18)(H,16,19). The topological polar surface area (TPSA) is 61.4 Å². The first-order valence-corrected chi connectivity index (χ1v) is 6.66. The summed E-state index contributed by atoms with van der Waals surface area (Å²) in [6.07, 6.45) is 2.04. The molecule has 102 valence electrons. The molecule has 5 nitrogen and oxygen atoms in total. The molecule has 2 N–H and O–H groups in total. The maximum atomic E-state index is 11.8. The highest BCUT2D eigenvalue weighted by atomic mass is 16.2. The zero-order valence-corrected chi connectivity index (χ0v) is 11.1. The van der Waals surface area contributed by atoms with Gasteiger partial charge in [0.2, 0.25) is 0 Å². The van der Waals surface area contributed by atoms with Gasteiger partial charge in [-0.3, -0.25) is 9.69 Å². The molecule has 0 aliphatic carbocycles. The Balaban J connectivity index is 1.98. The molecule has 1 aliphatic heterocycles. The van der Waals surface area contributed by atoms with Gasteiger partial charge in [-0.1, -0.05) is 13.3 Å². The van der Waals surface area contributed by atoms with Crippen LogP contribution in [0.5, 0.6) is 0 Å². The van der Waals surface area contributed by atoms with Crippen LogP contribution in [0, 0.1) is 0 Å². The van der Waals surface area contributed by atoms with E-state index in [2.05, 4.69) is 17.6 Å². The van der Waals surface area contributed by atoms with Gasteiger partial charge in [0.1, 0.15) is 0 Å². The number of nitrogens with one attached hydrogen (secondary N) is 2. The van der Waals surface area contributed by atoms with E-state index in [-0.39, 0.29) is 11.9 Å². The van der Waals surface area contributed by atoms with E-state index in [1.807, 2.05) is 0 Å². The molecule has 0 spiro atoms. The summed E-state index contributed by atoms with van der Waals surface area (Å²) in [7, 11) is 0. The highest BCUT2D eigenvalue weighted by Gasteiger charge is 2.20. The predicted molar refractivity (Wildman–Crippen MR) is 74.4 cm³/mol. The zero-order valence-electron chi connectivity index (χ0n) is 11.1. The van der Waals surface area contributed by atoms with E-state index in [1.165, 1.54) is 0 Å². The smallest absolute Gasteiger partial charge is 0.321 e. The Hall–Kier alpha value is -2.04. The molecular weight excluding hydrogens is 242 g/mol. The van der Waals surface area contributed by atoms with Crippen molar-refractivity contribution in [2.75, 3.05) is 24.5 Å². The lowest BCUT2D eigenvalue weighted by molar-refractivity contribution is 0.0953. The van der Waals surface area contributed by atoms with E-state index < -0.39 is 0 Å². The zero-order chi connectivity index (χ0) is 13.7. The van der Waals surface area contributed by atoms with Gasteiger partial charge < -0.3 is 10.6 Å². The second kappa shape index (κ2) is 6.22. The van der Waals surface area contributed by atoms with Gasteiger partial charge in [0.25, 0.3) is 5.91 Å². The second-order valence-corrected chi connectivity index (χ2v) is 4.54. The van der Waals surface area contributed by atoms with Crippen LogP contribution in [-0.2, 0) is 0 Å². The lowest BCUT2D eigenvalue weighted by Gasteiger charge is -2.14. The van der Waals surface area contributed by atoms with Crippen molar-refractivity contribution in [3.05, 3.63) is 29.8 Å². The number of nitrogens with zero attached hydrogens (tertiary/aromatic N) is 1. The Labute approximate surface area is 113 Å². The van der Waals surface area contributed by atoms with Gasteiger partial charge >= 0.3 is 6.03 Å². The van der Waals surface area contributed by atoms with Crippen molar-refractivity contribution in [2.24, 2.45) is 0 Å². The van der Waals surface area contributed by atoms with E-state index in [9.17, 15) is 9.59 Å². The minimum atomic E-state index is -0.0832. The van der Waals surface area contributed by atoms with Gasteiger partial charge in [0, 0.05) is 30.9 Å². The van der Waals surface area contributed by atoms with Crippen LogP contribution in [0.25, 0.3) is 0 Å². The molecule has 0 aromatic heterocycles. The summed E-state index contributed by atoms with van der Waals surface area (Å²) in [4.78, 5) is 25.0. The largest absolute Gasteiger partial charge is 0.352 e. The molecule has 0 radical (unpaired) electrons. The van der Waals surface area contributed by atoms with Crippen LogP contribution in [0.2, 0.25) is 0 Å². The lowest BCUT2D eigenvalue weighted by atomic mass is 10.2. The SMILES string of the molecule is CCCCNC(=O)c1ccc(N2CCNC2=O)cc1. The molecule has 1 aromatic carbocycles. The van der Waals surface area contributed by atoms with Crippen LogP contribution in [0.15, 0.2) is 24.3 Å². The van der Waals surface area contributed by atoms with Gasteiger partial charge in [0.05, 0.1) is 0 Å². The number of anilines is 1. The third kappa shape index (κ3) is 3.24. The van der Waals surface area contributed by atoms with Crippen LogP contribution < -0.4 is 15.5 Å². The minimum absolute atomic E-state index is 0.0640. The summed E-state index contributed by atoms with van der Waals surface area (Å²) in [5, 5.41) is 5.61. The molecule has 0 atom stereocenters. The maximum absolute atomic E-state index is 11.8. The molecule has 1 saturated heterocycles. The number of amides is 3. The Morgan fingerprint density at radius 1 is 1.37 bits per heavy atom. The summed E-state index contributed by atoms with van der Waals surface area (Å²) in [5.41, 5.74) is 1.44. The number of carbonyl (C=O) groups is 2. The molecule has 0 unspecified atom stereocenters. The molecule has 0 saturated carbocycles. The highest BCUT2D eigenvalue weighted by molar-refractivity contribution is 5.96. The summed E-state index contributed by atoms with van der Waals surface area (Å²) in [5.74, 6) is -0.0640. The maximum Gasteiger partial charge on any atom is 0.321 e. The molecule has 1 aliphatic rings. The third-order valence-electron chi connectivity index (χ3n) is 3.11. The van der Waals surface area contributed by atoms with Gasteiger partial charge in [-0.15, -0.1) is 0 Å². The number of benzene rings is 1. The minimum Gasteiger partial charge on any atom is -0.352 e. The van der Waals surface area contributed by atoms with Gasteiger partial charge in [-0.05, 0) is 30.7 Å². The number of hydrogen-bond acceptors (Lipinski definition) is 2. The van der Waals surface area contributed by atoms with Crippen molar-refractivity contribution in [3.63, 3.8) is 0 Å². The number of hydrogen-bond donors (Lipinski definition) is 2. The first-order chi connectivity index (χ1) is 9.22. The van der Waals surface area contributed by atoms with Crippen LogP contribution in [0.1, 0.15) is 30.1 Å². The monoisotopic (exact) mass is 261 g/mol. The van der Waals surface area contributed by atoms with E-state index in [0.717, 1.165) is 18.5 Å².